The minimum Gasteiger partial charge on any atom is -0.439 e. The van der Waals surface area contributed by atoms with Crippen molar-refractivity contribution in [1.82, 2.24) is 4.90 Å². The van der Waals surface area contributed by atoms with E-state index in [2.05, 4.69) is 11.4 Å². The van der Waals surface area contributed by atoms with E-state index < -0.39 is 0 Å². The van der Waals surface area contributed by atoms with Gasteiger partial charge in [-0.05, 0) is 29.0 Å². The van der Waals surface area contributed by atoms with Crippen molar-refractivity contribution in [1.29, 1.82) is 0 Å². The lowest BCUT2D eigenvalue weighted by molar-refractivity contribution is 0.130. The third kappa shape index (κ3) is 1.60. The first-order valence-electron chi connectivity index (χ1n) is 6.43. The molecule has 3 heterocycles. The molecule has 1 aromatic carbocycles. The number of hydrogen-bond acceptors (Lipinski definition) is 3. The molecule has 3 nitrogen and oxygen atoms in total. The Morgan fingerprint density at radius 1 is 1.21 bits per heavy atom. The van der Waals surface area contributed by atoms with Gasteiger partial charge in [-0.3, -0.25) is 4.90 Å². The maximum absolute atomic E-state index is 12.0. The molecule has 96 valence electrons. The molecule has 0 unspecified atom stereocenters. The van der Waals surface area contributed by atoms with Crippen molar-refractivity contribution in [2.75, 3.05) is 6.54 Å². The fourth-order valence-corrected chi connectivity index (χ4v) is 3.92. The van der Waals surface area contributed by atoms with Crippen LogP contribution in [0, 0.1) is 0 Å². The van der Waals surface area contributed by atoms with Crippen LogP contribution >= 0.6 is 11.3 Å². The summed E-state index contributed by atoms with van der Waals surface area (Å²) >= 11 is 1.78. The molecular formula is C15H13NO2S. The number of rotatable bonds is 1. The number of nitrogens with zero attached hydrogens (tertiary/aromatic N) is 1. The third-order valence-electron chi connectivity index (χ3n) is 3.89. The van der Waals surface area contributed by atoms with Crippen LogP contribution in [0.15, 0.2) is 41.8 Å². The smallest absolute Gasteiger partial charge is 0.411 e. The molecule has 19 heavy (non-hydrogen) atoms. The van der Waals surface area contributed by atoms with Gasteiger partial charge in [0.15, 0.2) is 6.10 Å². The first-order valence-corrected chi connectivity index (χ1v) is 7.31. The molecule has 1 aromatic heterocycles. The van der Waals surface area contributed by atoms with Crippen molar-refractivity contribution in [3.63, 3.8) is 0 Å². The first kappa shape index (κ1) is 11.1. The van der Waals surface area contributed by atoms with Gasteiger partial charge in [0.25, 0.3) is 0 Å². The van der Waals surface area contributed by atoms with Crippen LogP contribution in [0.3, 0.4) is 0 Å². The SMILES string of the molecule is O=C1O[C@H](c2ccccc2)[C@@H]2c3ccsc3CCN12. The van der Waals surface area contributed by atoms with E-state index in [0.717, 1.165) is 18.5 Å². The van der Waals surface area contributed by atoms with Gasteiger partial charge in [-0.2, -0.15) is 0 Å². The summed E-state index contributed by atoms with van der Waals surface area (Å²) < 4.78 is 5.61. The molecule has 0 radical (unpaired) electrons. The summed E-state index contributed by atoms with van der Waals surface area (Å²) in [6, 6.07) is 12.2. The molecule has 4 heteroatoms. The van der Waals surface area contributed by atoms with Gasteiger partial charge in [0.05, 0.1) is 0 Å². The molecule has 0 spiro atoms. The minimum absolute atomic E-state index is 0.0462. The molecule has 2 aromatic rings. The highest BCUT2D eigenvalue weighted by atomic mass is 32.1. The average Bonchev–Trinajstić information content (AvgIpc) is 3.04. The number of cyclic esters (lactones) is 1. The lowest BCUT2D eigenvalue weighted by Crippen LogP contribution is -2.33. The van der Waals surface area contributed by atoms with Crippen LogP contribution in [0.2, 0.25) is 0 Å². The van der Waals surface area contributed by atoms with Crippen molar-refractivity contribution in [3.8, 4) is 0 Å². The number of thiophene rings is 1. The summed E-state index contributed by atoms with van der Waals surface area (Å²) in [5.41, 5.74) is 2.33. The van der Waals surface area contributed by atoms with Crippen LogP contribution < -0.4 is 0 Å². The molecule has 2 atom stereocenters. The van der Waals surface area contributed by atoms with Crippen molar-refractivity contribution >= 4 is 17.4 Å². The van der Waals surface area contributed by atoms with Crippen molar-refractivity contribution in [3.05, 3.63) is 57.8 Å². The number of benzene rings is 1. The predicted octanol–water partition coefficient (Wildman–Crippen LogP) is 3.54. The number of amides is 1. The Hall–Kier alpha value is -1.81. The van der Waals surface area contributed by atoms with Crippen LogP contribution in [0.5, 0.6) is 0 Å². The fourth-order valence-electron chi connectivity index (χ4n) is 3.01. The molecule has 1 saturated heterocycles. The van der Waals surface area contributed by atoms with Gasteiger partial charge in [0.1, 0.15) is 6.04 Å². The van der Waals surface area contributed by atoms with E-state index in [1.807, 2.05) is 35.2 Å². The maximum atomic E-state index is 12.0. The lowest BCUT2D eigenvalue weighted by Gasteiger charge is -2.29. The summed E-state index contributed by atoms with van der Waals surface area (Å²) in [7, 11) is 0. The number of carbonyl (C=O) groups is 1. The Balaban J connectivity index is 1.81. The molecule has 0 aliphatic carbocycles. The summed E-state index contributed by atoms with van der Waals surface area (Å²) in [6.07, 6.45) is 0.582. The second kappa shape index (κ2) is 4.10. The van der Waals surface area contributed by atoms with Gasteiger partial charge < -0.3 is 4.74 Å². The number of fused-ring (bicyclic) bond motifs is 3. The molecule has 0 N–H and O–H groups in total. The Kier molecular flexibility index (Phi) is 2.38. The number of hydrogen-bond donors (Lipinski definition) is 0. The number of carbonyl (C=O) groups excluding carboxylic acids is 1. The fraction of sp³-hybridized carbons (Fsp3) is 0.267. The zero-order valence-electron chi connectivity index (χ0n) is 10.3. The highest BCUT2D eigenvalue weighted by molar-refractivity contribution is 7.10. The highest BCUT2D eigenvalue weighted by Gasteiger charge is 2.46. The van der Waals surface area contributed by atoms with Crippen LogP contribution in [-0.2, 0) is 11.2 Å². The van der Waals surface area contributed by atoms with Crippen molar-refractivity contribution in [2.45, 2.75) is 18.6 Å². The van der Waals surface area contributed by atoms with Gasteiger partial charge in [-0.15, -0.1) is 11.3 Å². The average molecular weight is 271 g/mol. The van der Waals surface area contributed by atoms with Gasteiger partial charge in [0.2, 0.25) is 0 Å². The topological polar surface area (TPSA) is 29.5 Å². The van der Waals surface area contributed by atoms with Gasteiger partial charge in [0, 0.05) is 11.4 Å². The molecule has 2 aliphatic rings. The Morgan fingerprint density at radius 2 is 2.05 bits per heavy atom. The molecule has 1 fully saturated rings. The molecular weight excluding hydrogens is 258 g/mol. The molecule has 2 aliphatic heterocycles. The van der Waals surface area contributed by atoms with Crippen molar-refractivity contribution in [2.24, 2.45) is 0 Å². The van der Waals surface area contributed by atoms with Gasteiger partial charge >= 0.3 is 6.09 Å². The zero-order valence-corrected chi connectivity index (χ0v) is 11.1. The normalized spacial score (nSPS) is 24.8. The van der Waals surface area contributed by atoms with Crippen molar-refractivity contribution < 1.29 is 9.53 Å². The Labute approximate surface area is 115 Å². The minimum atomic E-state index is -0.185. The standard InChI is InChI=1S/C15H13NO2S/c17-15-16-8-6-12-11(7-9-19-12)13(16)14(18-15)10-4-2-1-3-5-10/h1-5,7,9,13-14H,6,8H2/t13-,14+/m0/s1. The van der Waals surface area contributed by atoms with E-state index in [1.165, 1.54) is 10.4 Å². The number of ether oxygens (including phenoxy) is 1. The molecule has 0 bridgehead atoms. The largest absolute Gasteiger partial charge is 0.439 e. The highest BCUT2D eigenvalue weighted by Crippen LogP contribution is 2.47. The van der Waals surface area contributed by atoms with E-state index in [1.54, 1.807) is 11.3 Å². The molecule has 1 amide bonds. The van der Waals surface area contributed by atoms with Crippen LogP contribution in [-0.4, -0.2) is 17.5 Å². The second-order valence-corrected chi connectivity index (χ2v) is 5.90. The van der Waals surface area contributed by atoms with E-state index in [-0.39, 0.29) is 18.2 Å². The molecule has 0 saturated carbocycles. The van der Waals surface area contributed by atoms with Crippen LogP contribution in [0.25, 0.3) is 0 Å². The van der Waals surface area contributed by atoms with E-state index >= 15 is 0 Å². The summed E-state index contributed by atoms with van der Waals surface area (Å²) in [5, 5.41) is 2.11. The van der Waals surface area contributed by atoms with E-state index in [0.29, 0.717) is 0 Å². The van der Waals surface area contributed by atoms with E-state index in [9.17, 15) is 4.79 Å². The lowest BCUT2D eigenvalue weighted by atomic mass is 9.93. The summed E-state index contributed by atoms with van der Waals surface area (Å²) in [4.78, 5) is 15.3. The zero-order chi connectivity index (χ0) is 12.8. The molecule has 4 rings (SSSR count). The quantitative estimate of drug-likeness (QED) is 0.794. The monoisotopic (exact) mass is 271 g/mol. The van der Waals surface area contributed by atoms with Gasteiger partial charge in [-0.25, -0.2) is 4.79 Å². The van der Waals surface area contributed by atoms with E-state index in [4.69, 9.17) is 4.74 Å². The first-order chi connectivity index (χ1) is 9.34. The summed E-state index contributed by atoms with van der Waals surface area (Å²) in [5.74, 6) is 0. The summed E-state index contributed by atoms with van der Waals surface area (Å²) in [6.45, 7) is 0.764. The predicted molar refractivity (Wildman–Crippen MR) is 73.1 cm³/mol. The van der Waals surface area contributed by atoms with Crippen LogP contribution in [0.1, 0.15) is 28.1 Å². The Bertz CT molecular complexity index is 622. The second-order valence-electron chi connectivity index (χ2n) is 4.90. The van der Waals surface area contributed by atoms with Crippen LogP contribution in [0.4, 0.5) is 4.79 Å². The maximum Gasteiger partial charge on any atom is 0.411 e. The van der Waals surface area contributed by atoms with Gasteiger partial charge in [-0.1, -0.05) is 30.3 Å². The third-order valence-corrected chi connectivity index (χ3v) is 4.89. The Morgan fingerprint density at radius 3 is 2.89 bits per heavy atom.